The van der Waals surface area contributed by atoms with Gasteiger partial charge in [-0.25, -0.2) is 4.98 Å². The molecule has 1 unspecified atom stereocenters. The first kappa shape index (κ1) is 19.4. The van der Waals surface area contributed by atoms with Gasteiger partial charge >= 0.3 is 0 Å². The van der Waals surface area contributed by atoms with Gasteiger partial charge in [-0.2, -0.15) is 0 Å². The summed E-state index contributed by atoms with van der Waals surface area (Å²) in [4.78, 5) is 19.2. The van der Waals surface area contributed by atoms with Crippen LogP contribution in [0.2, 0.25) is 0 Å². The number of oxazole rings is 1. The highest BCUT2D eigenvalue weighted by Gasteiger charge is 2.25. The van der Waals surface area contributed by atoms with Crippen LogP contribution in [-0.2, 0) is 16.0 Å². The van der Waals surface area contributed by atoms with Crippen LogP contribution in [-0.4, -0.2) is 48.6 Å². The Kier molecular flexibility index (Phi) is 6.07. The van der Waals surface area contributed by atoms with Gasteiger partial charge in [0.15, 0.2) is 0 Å². The Morgan fingerprint density at radius 2 is 1.97 bits per heavy atom. The maximum absolute atomic E-state index is 12.5. The predicted octanol–water partition coefficient (Wildman–Crippen LogP) is 2.98. The van der Waals surface area contributed by atoms with E-state index in [-0.39, 0.29) is 18.4 Å². The van der Waals surface area contributed by atoms with E-state index in [4.69, 9.17) is 13.6 Å². The van der Waals surface area contributed by atoms with Crippen LogP contribution in [0.3, 0.4) is 0 Å². The van der Waals surface area contributed by atoms with E-state index in [2.05, 4.69) is 15.2 Å². The minimum atomic E-state index is -0.0977. The van der Waals surface area contributed by atoms with Crippen molar-refractivity contribution in [3.05, 3.63) is 65.9 Å². The van der Waals surface area contributed by atoms with Gasteiger partial charge in [-0.1, -0.05) is 18.2 Å². The quantitative estimate of drug-likeness (QED) is 0.662. The molecule has 3 aromatic rings. The number of hydrogen-bond donors (Lipinski definition) is 1. The minimum Gasteiger partial charge on any atom is -0.465 e. The van der Waals surface area contributed by atoms with Gasteiger partial charge in [-0.05, 0) is 31.2 Å². The van der Waals surface area contributed by atoms with E-state index >= 15 is 0 Å². The number of ether oxygens (including phenoxy) is 1. The lowest BCUT2D eigenvalue weighted by Gasteiger charge is -2.33. The fourth-order valence-electron chi connectivity index (χ4n) is 3.47. The van der Waals surface area contributed by atoms with Crippen LogP contribution < -0.4 is 5.32 Å². The fourth-order valence-corrected chi connectivity index (χ4v) is 3.47. The first-order chi connectivity index (χ1) is 14.2. The maximum atomic E-state index is 12.5. The Balaban J connectivity index is 1.37. The molecule has 4 rings (SSSR count). The first-order valence-electron chi connectivity index (χ1n) is 9.84. The highest BCUT2D eigenvalue weighted by atomic mass is 16.5. The standard InChI is InChI=1S/C22H25N3O4/c1-16-7-8-20(29-16)19(25-9-11-27-12-10-25)14-23-21(26)13-18-15-28-22(24-18)17-5-3-2-4-6-17/h2-8,15,19H,9-14H2,1H3,(H,23,26). The second kappa shape index (κ2) is 9.07. The summed E-state index contributed by atoms with van der Waals surface area (Å²) in [6.45, 7) is 5.38. The fraction of sp³-hybridized carbons (Fsp3) is 0.364. The van der Waals surface area contributed by atoms with E-state index in [1.165, 1.54) is 6.26 Å². The molecule has 1 amide bonds. The van der Waals surface area contributed by atoms with Crippen molar-refractivity contribution < 1.29 is 18.4 Å². The first-order valence-corrected chi connectivity index (χ1v) is 9.84. The van der Waals surface area contributed by atoms with Crippen LogP contribution in [0.25, 0.3) is 11.5 Å². The zero-order chi connectivity index (χ0) is 20.1. The van der Waals surface area contributed by atoms with Crippen LogP contribution in [0.1, 0.15) is 23.3 Å². The van der Waals surface area contributed by atoms with Crippen molar-refractivity contribution in [2.45, 2.75) is 19.4 Å². The summed E-state index contributed by atoms with van der Waals surface area (Å²) in [5.41, 5.74) is 1.50. The number of amides is 1. The zero-order valence-corrected chi connectivity index (χ0v) is 16.5. The van der Waals surface area contributed by atoms with Crippen LogP contribution in [0.4, 0.5) is 0 Å². The molecule has 0 saturated carbocycles. The van der Waals surface area contributed by atoms with E-state index in [1.54, 1.807) is 0 Å². The molecule has 7 heteroatoms. The molecule has 3 heterocycles. The summed E-state index contributed by atoms with van der Waals surface area (Å²) in [5.74, 6) is 2.14. The van der Waals surface area contributed by atoms with Crippen LogP contribution >= 0.6 is 0 Å². The summed E-state index contributed by atoms with van der Waals surface area (Å²) in [6.07, 6.45) is 1.71. The minimum absolute atomic E-state index is 0.0197. The SMILES string of the molecule is Cc1ccc(C(CNC(=O)Cc2coc(-c3ccccc3)n2)N2CCOCC2)o1. The second-order valence-corrected chi connectivity index (χ2v) is 7.10. The molecule has 1 atom stereocenters. The molecule has 1 fully saturated rings. The van der Waals surface area contributed by atoms with Gasteiger partial charge in [0.05, 0.1) is 31.4 Å². The van der Waals surface area contributed by atoms with Crippen molar-refractivity contribution in [2.75, 3.05) is 32.8 Å². The monoisotopic (exact) mass is 395 g/mol. The molecule has 0 aliphatic carbocycles. The average Bonchev–Trinajstić information content (AvgIpc) is 3.39. The van der Waals surface area contributed by atoms with Crippen molar-refractivity contribution in [1.29, 1.82) is 0 Å². The molecule has 1 aromatic carbocycles. The summed E-state index contributed by atoms with van der Waals surface area (Å²) >= 11 is 0. The largest absolute Gasteiger partial charge is 0.465 e. The molecule has 1 aliphatic heterocycles. The van der Waals surface area contributed by atoms with Gasteiger partial charge in [0.2, 0.25) is 11.8 Å². The molecule has 1 aliphatic rings. The van der Waals surface area contributed by atoms with Gasteiger partial charge in [0, 0.05) is 25.2 Å². The third kappa shape index (κ3) is 4.93. The highest BCUT2D eigenvalue weighted by molar-refractivity contribution is 5.78. The van der Waals surface area contributed by atoms with Crippen LogP contribution in [0.5, 0.6) is 0 Å². The molecular formula is C22H25N3O4. The van der Waals surface area contributed by atoms with Gasteiger partial charge in [-0.15, -0.1) is 0 Å². The van der Waals surface area contributed by atoms with Gasteiger partial charge in [-0.3, -0.25) is 9.69 Å². The molecule has 1 N–H and O–H groups in total. The Morgan fingerprint density at radius 1 is 1.17 bits per heavy atom. The van der Waals surface area contributed by atoms with Crippen molar-refractivity contribution in [3.63, 3.8) is 0 Å². The van der Waals surface area contributed by atoms with Crippen LogP contribution in [0, 0.1) is 6.92 Å². The zero-order valence-electron chi connectivity index (χ0n) is 16.5. The van der Waals surface area contributed by atoms with E-state index in [0.29, 0.717) is 31.3 Å². The number of benzene rings is 1. The third-order valence-corrected chi connectivity index (χ3v) is 4.98. The number of hydrogen-bond acceptors (Lipinski definition) is 6. The van der Waals surface area contributed by atoms with Crippen molar-refractivity contribution in [2.24, 2.45) is 0 Å². The Hall–Kier alpha value is -2.90. The second-order valence-electron chi connectivity index (χ2n) is 7.10. The summed E-state index contributed by atoms with van der Waals surface area (Å²) in [6, 6.07) is 13.5. The molecule has 0 bridgehead atoms. The molecule has 29 heavy (non-hydrogen) atoms. The number of carbonyl (C=O) groups is 1. The smallest absolute Gasteiger partial charge is 0.226 e. The summed E-state index contributed by atoms with van der Waals surface area (Å²) < 4.78 is 16.8. The van der Waals surface area contributed by atoms with Crippen molar-refractivity contribution >= 4 is 5.91 Å². The summed E-state index contributed by atoms with van der Waals surface area (Å²) in [5, 5.41) is 3.02. The lowest BCUT2D eigenvalue weighted by molar-refractivity contribution is -0.120. The predicted molar refractivity (Wildman–Crippen MR) is 107 cm³/mol. The lowest BCUT2D eigenvalue weighted by Crippen LogP contribution is -2.44. The highest BCUT2D eigenvalue weighted by Crippen LogP contribution is 2.23. The Labute approximate surface area is 169 Å². The Bertz CT molecular complexity index is 928. The van der Waals surface area contributed by atoms with Crippen LogP contribution in [0.15, 0.2) is 57.6 Å². The molecule has 0 radical (unpaired) electrons. The number of furan rings is 1. The molecular weight excluding hydrogens is 370 g/mol. The number of morpholine rings is 1. The summed E-state index contributed by atoms with van der Waals surface area (Å²) in [7, 11) is 0. The number of nitrogens with one attached hydrogen (secondary N) is 1. The third-order valence-electron chi connectivity index (χ3n) is 4.98. The van der Waals surface area contributed by atoms with Gasteiger partial charge in [0.25, 0.3) is 0 Å². The van der Waals surface area contributed by atoms with E-state index in [9.17, 15) is 4.79 Å². The lowest BCUT2D eigenvalue weighted by atomic mass is 10.1. The Morgan fingerprint density at radius 3 is 2.69 bits per heavy atom. The molecule has 1 saturated heterocycles. The normalized spacial score (nSPS) is 15.9. The average molecular weight is 395 g/mol. The molecule has 152 valence electrons. The number of aryl methyl sites for hydroxylation is 1. The van der Waals surface area contributed by atoms with Gasteiger partial charge < -0.3 is 18.9 Å². The van der Waals surface area contributed by atoms with Crippen molar-refractivity contribution in [1.82, 2.24) is 15.2 Å². The van der Waals surface area contributed by atoms with E-state index in [0.717, 1.165) is 30.2 Å². The van der Waals surface area contributed by atoms with E-state index < -0.39 is 0 Å². The molecule has 0 spiro atoms. The van der Waals surface area contributed by atoms with Crippen molar-refractivity contribution in [3.8, 4) is 11.5 Å². The number of aromatic nitrogens is 1. The maximum Gasteiger partial charge on any atom is 0.226 e. The molecule has 7 nitrogen and oxygen atoms in total. The number of nitrogens with zero attached hydrogens (tertiary/aromatic N) is 2. The number of carbonyl (C=O) groups excluding carboxylic acids is 1. The topological polar surface area (TPSA) is 80.7 Å². The number of rotatable bonds is 7. The van der Waals surface area contributed by atoms with E-state index in [1.807, 2.05) is 49.4 Å². The van der Waals surface area contributed by atoms with Gasteiger partial charge in [0.1, 0.15) is 17.8 Å². The molecule has 2 aromatic heterocycles.